The lowest BCUT2D eigenvalue weighted by Crippen LogP contribution is -2.38. The highest BCUT2D eigenvalue weighted by molar-refractivity contribution is 7.13. The average molecular weight is 431 g/mol. The lowest BCUT2D eigenvalue weighted by atomic mass is 10.1. The number of nitrogens with two attached hydrogens (primary N) is 1. The van der Waals surface area contributed by atoms with Gasteiger partial charge in [-0.15, -0.1) is 11.3 Å². The van der Waals surface area contributed by atoms with Crippen LogP contribution in [0, 0.1) is 0 Å². The summed E-state index contributed by atoms with van der Waals surface area (Å²) in [7, 11) is 0. The first-order valence-electron chi connectivity index (χ1n) is 10.6. The minimum Gasteiger partial charge on any atom is -0.477 e. The van der Waals surface area contributed by atoms with Gasteiger partial charge < -0.3 is 20.5 Å². The van der Waals surface area contributed by atoms with Crippen LogP contribution in [0.25, 0.3) is 0 Å². The smallest absolute Gasteiger partial charge is 0.345 e. The maximum Gasteiger partial charge on any atom is 0.345 e. The van der Waals surface area contributed by atoms with Crippen molar-refractivity contribution >= 4 is 28.9 Å². The summed E-state index contributed by atoms with van der Waals surface area (Å²) < 4.78 is 5.81. The number of hydrogen-bond donors (Lipinski definition) is 2. The second-order valence-electron chi connectivity index (χ2n) is 7.77. The molecule has 3 N–H and O–H groups in total. The molecular formula is C23H30N2O4S. The van der Waals surface area contributed by atoms with Gasteiger partial charge in [0.15, 0.2) is 0 Å². The standard InChI is InChI=1S/C23H30N2O4S/c1-2-3-4-5-6-16-7-9-17(10-8-16)25-18(13-20(24)22(25)26)14-29-15-19-11-12-21(30-19)23(27)28/h7-12,18,20H,2-6,13-15,24H2,1H3,(H,27,28)/t18-,20?/m1/s1. The van der Waals surface area contributed by atoms with Crippen molar-refractivity contribution in [2.45, 2.75) is 64.1 Å². The van der Waals surface area contributed by atoms with Crippen molar-refractivity contribution in [2.75, 3.05) is 11.5 Å². The normalized spacial score (nSPS) is 18.9. The Morgan fingerprint density at radius 1 is 1.20 bits per heavy atom. The van der Waals surface area contributed by atoms with Crippen LogP contribution in [-0.2, 0) is 22.6 Å². The van der Waals surface area contributed by atoms with E-state index < -0.39 is 12.0 Å². The number of carboxylic acid groups (broad SMARTS) is 1. The fraction of sp³-hybridized carbons (Fsp3) is 0.478. The highest BCUT2D eigenvalue weighted by Crippen LogP contribution is 2.28. The number of carbonyl (C=O) groups is 2. The van der Waals surface area contributed by atoms with Gasteiger partial charge in [0.2, 0.25) is 5.91 Å². The van der Waals surface area contributed by atoms with Crippen molar-refractivity contribution in [1.29, 1.82) is 0 Å². The molecule has 30 heavy (non-hydrogen) atoms. The van der Waals surface area contributed by atoms with Crippen molar-refractivity contribution in [3.63, 3.8) is 0 Å². The third-order valence-corrected chi connectivity index (χ3v) is 6.45. The molecule has 1 aromatic heterocycles. The Bertz CT molecular complexity index is 849. The summed E-state index contributed by atoms with van der Waals surface area (Å²) in [6.45, 7) is 2.89. The van der Waals surface area contributed by atoms with Gasteiger partial charge in [-0.1, -0.05) is 38.3 Å². The predicted molar refractivity (Wildman–Crippen MR) is 119 cm³/mol. The van der Waals surface area contributed by atoms with Crippen LogP contribution in [0.5, 0.6) is 0 Å². The summed E-state index contributed by atoms with van der Waals surface area (Å²) in [4.78, 5) is 26.5. The van der Waals surface area contributed by atoms with E-state index in [0.717, 1.165) is 17.0 Å². The minimum atomic E-state index is -0.932. The van der Waals surface area contributed by atoms with Gasteiger partial charge in [0.05, 0.1) is 25.3 Å². The second-order valence-corrected chi connectivity index (χ2v) is 8.94. The molecule has 1 aliphatic rings. The van der Waals surface area contributed by atoms with Crippen LogP contribution in [0.4, 0.5) is 5.69 Å². The summed E-state index contributed by atoms with van der Waals surface area (Å²) in [6.07, 6.45) is 6.52. The van der Waals surface area contributed by atoms with E-state index in [9.17, 15) is 9.59 Å². The van der Waals surface area contributed by atoms with Crippen LogP contribution < -0.4 is 10.6 Å². The fourth-order valence-corrected chi connectivity index (χ4v) is 4.57. The zero-order valence-electron chi connectivity index (χ0n) is 17.4. The number of carboxylic acids is 1. The third-order valence-electron chi connectivity index (χ3n) is 5.41. The number of benzene rings is 1. The van der Waals surface area contributed by atoms with E-state index in [1.54, 1.807) is 17.0 Å². The van der Waals surface area contributed by atoms with Crippen molar-refractivity contribution in [1.82, 2.24) is 0 Å². The summed E-state index contributed by atoms with van der Waals surface area (Å²) in [5, 5.41) is 9.02. The molecular weight excluding hydrogens is 400 g/mol. The molecule has 2 heterocycles. The highest BCUT2D eigenvalue weighted by atomic mass is 32.1. The fourth-order valence-electron chi connectivity index (χ4n) is 3.78. The van der Waals surface area contributed by atoms with E-state index >= 15 is 0 Å². The van der Waals surface area contributed by atoms with Crippen LogP contribution in [0.15, 0.2) is 36.4 Å². The molecule has 1 fully saturated rings. The minimum absolute atomic E-state index is 0.0800. The molecule has 1 aromatic carbocycles. The van der Waals surface area contributed by atoms with Crippen LogP contribution in [-0.4, -0.2) is 35.7 Å². The van der Waals surface area contributed by atoms with Gasteiger partial charge in [0.25, 0.3) is 0 Å². The molecule has 1 unspecified atom stereocenters. The van der Waals surface area contributed by atoms with Gasteiger partial charge in [-0.2, -0.15) is 0 Å². The molecule has 2 atom stereocenters. The number of unbranched alkanes of at least 4 members (excludes halogenated alkanes) is 3. The monoisotopic (exact) mass is 430 g/mol. The predicted octanol–water partition coefficient (Wildman–Crippen LogP) is 4.22. The Morgan fingerprint density at radius 2 is 1.97 bits per heavy atom. The number of rotatable bonds is 11. The number of carbonyl (C=O) groups excluding carboxylic acids is 1. The Hall–Kier alpha value is -2.22. The van der Waals surface area contributed by atoms with Gasteiger partial charge in [0.1, 0.15) is 4.88 Å². The zero-order chi connectivity index (χ0) is 21.5. The molecule has 0 bridgehead atoms. The number of aryl methyl sites for hydroxylation is 1. The molecule has 6 nitrogen and oxygen atoms in total. The van der Waals surface area contributed by atoms with E-state index in [-0.39, 0.29) is 11.9 Å². The lowest BCUT2D eigenvalue weighted by Gasteiger charge is -2.25. The van der Waals surface area contributed by atoms with Gasteiger partial charge in [0, 0.05) is 10.6 Å². The van der Waals surface area contributed by atoms with E-state index in [0.29, 0.717) is 24.5 Å². The number of thiophene rings is 1. The first-order valence-corrected chi connectivity index (χ1v) is 11.4. The van der Waals surface area contributed by atoms with E-state index in [1.165, 1.54) is 42.6 Å². The van der Waals surface area contributed by atoms with Gasteiger partial charge in [-0.3, -0.25) is 4.79 Å². The summed E-state index contributed by atoms with van der Waals surface area (Å²) >= 11 is 1.20. The number of hydrogen-bond acceptors (Lipinski definition) is 5. The SMILES string of the molecule is CCCCCCc1ccc(N2C(=O)C(N)C[C@@H]2COCc2ccc(C(=O)O)s2)cc1. The molecule has 0 aliphatic carbocycles. The largest absolute Gasteiger partial charge is 0.477 e. The number of nitrogens with zero attached hydrogens (tertiary/aromatic N) is 1. The molecule has 162 valence electrons. The lowest BCUT2D eigenvalue weighted by molar-refractivity contribution is -0.118. The second kappa shape index (κ2) is 10.7. The van der Waals surface area contributed by atoms with Crippen LogP contribution in [0.2, 0.25) is 0 Å². The van der Waals surface area contributed by atoms with Crippen molar-refractivity contribution in [3.8, 4) is 0 Å². The Morgan fingerprint density at radius 3 is 2.63 bits per heavy atom. The molecule has 3 rings (SSSR count). The molecule has 1 saturated heterocycles. The molecule has 0 radical (unpaired) electrons. The average Bonchev–Trinajstić information content (AvgIpc) is 3.31. The van der Waals surface area contributed by atoms with Crippen molar-refractivity contribution < 1.29 is 19.4 Å². The maximum atomic E-state index is 12.6. The topological polar surface area (TPSA) is 92.9 Å². The summed E-state index contributed by atoms with van der Waals surface area (Å²) in [5.41, 5.74) is 8.16. The highest BCUT2D eigenvalue weighted by Gasteiger charge is 2.38. The third kappa shape index (κ3) is 5.68. The Balaban J connectivity index is 1.57. The van der Waals surface area contributed by atoms with E-state index in [4.69, 9.17) is 15.6 Å². The van der Waals surface area contributed by atoms with Crippen molar-refractivity contribution in [2.24, 2.45) is 5.73 Å². The van der Waals surface area contributed by atoms with Crippen LogP contribution >= 0.6 is 11.3 Å². The van der Waals surface area contributed by atoms with Gasteiger partial charge >= 0.3 is 5.97 Å². The zero-order valence-corrected chi connectivity index (χ0v) is 18.2. The quantitative estimate of drug-likeness (QED) is 0.521. The number of amides is 1. The summed E-state index contributed by atoms with van der Waals surface area (Å²) in [5.74, 6) is -1.01. The number of ether oxygens (including phenoxy) is 1. The molecule has 1 amide bonds. The molecule has 2 aromatic rings. The first kappa shape index (κ1) is 22.5. The first-order chi connectivity index (χ1) is 14.5. The Labute approximate surface area is 181 Å². The van der Waals surface area contributed by atoms with E-state index in [2.05, 4.69) is 19.1 Å². The number of anilines is 1. The van der Waals surface area contributed by atoms with Crippen molar-refractivity contribution in [3.05, 3.63) is 51.7 Å². The van der Waals surface area contributed by atoms with Crippen LogP contribution in [0.3, 0.4) is 0 Å². The maximum absolute atomic E-state index is 12.6. The summed E-state index contributed by atoms with van der Waals surface area (Å²) in [6, 6.07) is 10.9. The molecule has 0 saturated carbocycles. The van der Waals surface area contributed by atoms with Gasteiger partial charge in [-0.05, 0) is 49.1 Å². The number of aromatic carboxylic acids is 1. The van der Waals surface area contributed by atoms with E-state index in [1.807, 2.05) is 12.1 Å². The Kier molecular flexibility index (Phi) is 8.01. The van der Waals surface area contributed by atoms with Crippen LogP contribution in [0.1, 0.15) is 59.1 Å². The molecule has 0 spiro atoms. The molecule has 1 aliphatic heterocycles. The molecule has 7 heteroatoms. The van der Waals surface area contributed by atoms with Gasteiger partial charge in [-0.25, -0.2) is 4.79 Å².